The molecule has 8 heteroatoms. The smallest absolute Gasteiger partial charge is 0.243 e. The van der Waals surface area contributed by atoms with Crippen LogP contribution >= 0.6 is 23.2 Å². The summed E-state index contributed by atoms with van der Waals surface area (Å²) in [6.45, 7) is 9.17. The van der Waals surface area contributed by atoms with E-state index in [2.05, 4.69) is 0 Å². The predicted molar refractivity (Wildman–Crippen MR) is 145 cm³/mol. The van der Waals surface area contributed by atoms with Crippen LogP contribution in [0.4, 0.5) is 0 Å². The van der Waals surface area contributed by atoms with Crippen molar-refractivity contribution in [1.82, 2.24) is 4.90 Å². The van der Waals surface area contributed by atoms with Crippen LogP contribution in [0.5, 0.6) is 0 Å². The van der Waals surface area contributed by atoms with Gasteiger partial charge < -0.3 is 10.6 Å². The molecule has 2 aromatic rings. The van der Waals surface area contributed by atoms with Gasteiger partial charge in [0, 0.05) is 22.0 Å². The van der Waals surface area contributed by atoms with E-state index < -0.39 is 32.7 Å². The van der Waals surface area contributed by atoms with Crippen LogP contribution in [-0.2, 0) is 14.6 Å². The summed E-state index contributed by atoms with van der Waals surface area (Å²) in [6.07, 6.45) is 0.864. The molecular formula is C27H36Cl2N2O3S. The number of carbonyl (C=O) groups is 1. The maximum Gasteiger partial charge on any atom is 0.243 e. The number of piperidine rings is 1. The van der Waals surface area contributed by atoms with E-state index in [-0.39, 0.29) is 23.5 Å². The van der Waals surface area contributed by atoms with Crippen molar-refractivity contribution in [1.29, 1.82) is 0 Å². The zero-order chi connectivity index (χ0) is 26.1. The average molecular weight is 540 g/mol. The van der Waals surface area contributed by atoms with Gasteiger partial charge in [-0.25, -0.2) is 8.42 Å². The molecule has 1 amide bonds. The summed E-state index contributed by atoms with van der Waals surface area (Å²) in [7, 11) is -3.44. The Morgan fingerprint density at radius 3 is 2.17 bits per heavy atom. The summed E-state index contributed by atoms with van der Waals surface area (Å²) >= 11 is 12.6. The fourth-order valence-corrected chi connectivity index (χ4v) is 6.67. The number of halogens is 2. The van der Waals surface area contributed by atoms with E-state index in [0.29, 0.717) is 22.9 Å². The lowest BCUT2D eigenvalue weighted by Crippen LogP contribution is -2.65. The van der Waals surface area contributed by atoms with Crippen LogP contribution < -0.4 is 5.73 Å². The molecule has 1 unspecified atom stereocenters. The zero-order valence-corrected chi connectivity index (χ0v) is 23.4. The Hall–Kier alpha value is -1.60. The minimum atomic E-state index is -3.44. The Morgan fingerprint density at radius 2 is 1.66 bits per heavy atom. The van der Waals surface area contributed by atoms with E-state index in [1.54, 1.807) is 30.9 Å². The molecule has 0 aromatic heterocycles. The van der Waals surface area contributed by atoms with Gasteiger partial charge in [0.1, 0.15) is 0 Å². The quantitative estimate of drug-likeness (QED) is 0.446. The van der Waals surface area contributed by atoms with Gasteiger partial charge in [-0.05, 0) is 68.0 Å². The molecule has 0 saturated carbocycles. The Balaban J connectivity index is 2.27. The molecule has 0 bridgehead atoms. The first-order valence-electron chi connectivity index (χ1n) is 12.1. The largest absolute Gasteiger partial charge is 0.329 e. The number of rotatable bonds is 8. The highest BCUT2D eigenvalue weighted by molar-refractivity contribution is 7.92. The second kappa shape index (κ2) is 10.8. The van der Waals surface area contributed by atoms with Crippen LogP contribution in [0.1, 0.15) is 70.5 Å². The van der Waals surface area contributed by atoms with Gasteiger partial charge in [-0.2, -0.15) is 0 Å². The molecule has 4 atom stereocenters. The maximum atomic E-state index is 14.1. The number of hydrogen-bond acceptors (Lipinski definition) is 4. The van der Waals surface area contributed by atoms with Crippen molar-refractivity contribution >= 4 is 38.9 Å². The van der Waals surface area contributed by atoms with Crippen molar-refractivity contribution in [2.45, 2.75) is 76.3 Å². The molecule has 35 heavy (non-hydrogen) atoms. The molecule has 0 aliphatic carbocycles. The van der Waals surface area contributed by atoms with Gasteiger partial charge in [0.05, 0.1) is 22.6 Å². The SMILES string of the molecule is CC[C@@]1(N)C[C@H](c2cccc(Cl)c2)C(c2ccc(Cl)cc2)N([C@H](CS(=O)(=O)C(C)C)C(C)C)C1=O. The van der Waals surface area contributed by atoms with E-state index in [0.717, 1.165) is 11.1 Å². The molecule has 2 N–H and O–H groups in total. The third kappa shape index (κ3) is 5.87. The van der Waals surface area contributed by atoms with E-state index >= 15 is 0 Å². The number of nitrogens with two attached hydrogens (primary N) is 1. The summed E-state index contributed by atoms with van der Waals surface area (Å²) in [5.74, 6) is -0.627. The zero-order valence-electron chi connectivity index (χ0n) is 21.0. The fraction of sp³-hybridized carbons (Fsp3) is 0.519. The summed E-state index contributed by atoms with van der Waals surface area (Å²) in [6, 6.07) is 14.1. The van der Waals surface area contributed by atoms with Crippen molar-refractivity contribution < 1.29 is 13.2 Å². The van der Waals surface area contributed by atoms with Crippen LogP contribution in [0, 0.1) is 5.92 Å². The maximum absolute atomic E-state index is 14.1. The molecule has 1 saturated heterocycles. The first kappa shape index (κ1) is 28.0. The monoisotopic (exact) mass is 538 g/mol. The van der Waals surface area contributed by atoms with Crippen LogP contribution in [0.3, 0.4) is 0 Å². The van der Waals surface area contributed by atoms with E-state index in [1.807, 2.05) is 57.2 Å². The van der Waals surface area contributed by atoms with Gasteiger partial charge in [-0.15, -0.1) is 0 Å². The highest BCUT2D eigenvalue weighted by Crippen LogP contribution is 2.48. The van der Waals surface area contributed by atoms with E-state index in [1.165, 1.54) is 0 Å². The summed E-state index contributed by atoms with van der Waals surface area (Å²) in [5, 5.41) is 0.643. The van der Waals surface area contributed by atoms with Crippen molar-refractivity contribution in [2.24, 2.45) is 11.7 Å². The van der Waals surface area contributed by atoms with Crippen molar-refractivity contribution in [3.8, 4) is 0 Å². The van der Waals surface area contributed by atoms with Crippen LogP contribution in [0.2, 0.25) is 10.0 Å². The molecule has 192 valence electrons. The Bertz CT molecular complexity index is 1150. The Morgan fingerprint density at radius 1 is 1.03 bits per heavy atom. The third-order valence-corrected chi connectivity index (χ3v) is 10.0. The molecule has 0 radical (unpaired) electrons. The third-order valence-electron chi connectivity index (χ3n) is 7.29. The molecule has 0 spiro atoms. The van der Waals surface area contributed by atoms with Crippen molar-refractivity contribution in [2.75, 3.05) is 5.75 Å². The number of sulfone groups is 1. The lowest BCUT2D eigenvalue weighted by Gasteiger charge is -2.52. The number of carbonyl (C=O) groups excluding carboxylic acids is 1. The standard InChI is InChI=1S/C27H36Cl2N2O3S/c1-6-27(30)15-23(20-8-7-9-22(29)14-20)25(19-10-12-21(28)13-11-19)31(26(27)32)24(17(2)3)16-35(33,34)18(4)5/h7-14,17-18,23-25H,6,15-16,30H2,1-5H3/t23-,24-,25?,27-/m1/s1. The topological polar surface area (TPSA) is 80.5 Å². The van der Waals surface area contributed by atoms with E-state index in [9.17, 15) is 13.2 Å². The number of benzene rings is 2. The minimum absolute atomic E-state index is 0.110. The predicted octanol–water partition coefficient (Wildman–Crippen LogP) is 6.01. The molecule has 1 aliphatic rings. The van der Waals surface area contributed by atoms with Crippen LogP contribution in [0.15, 0.2) is 48.5 Å². The number of likely N-dealkylation sites (tertiary alicyclic amines) is 1. The molecular weight excluding hydrogens is 503 g/mol. The minimum Gasteiger partial charge on any atom is -0.329 e. The van der Waals surface area contributed by atoms with Crippen molar-refractivity contribution in [3.63, 3.8) is 0 Å². The molecule has 1 aliphatic heterocycles. The van der Waals surface area contributed by atoms with Gasteiger partial charge in [-0.1, -0.05) is 68.2 Å². The molecule has 5 nitrogen and oxygen atoms in total. The molecule has 3 rings (SSSR count). The molecule has 1 heterocycles. The fourth-order valence-electron chi connectivity index (χ4n) is 4.94. The number of amides is 1. The second-order valence-electron chi connectivity index (χ2n) is 10.3. The normalized spacial score (nSPS) is 24.3. The Labute approximate surface area is 219 Å². The first-order chi connectivity index (χ1) is 16.3. The molecule has 2 aromatic carbocycles. The average Bonchev–Trinajstić information content (AvgIpc) is 2.79. The van der Waals surface area contributed by atoms with Crippen LogP contribution in [0.25, 0.3) is 0 Å². The summed E-state index contributed by atoms with van der Waals surface area (Å²) < 4.78 is 26.2. The number of hydrogen-bond donors (Lipinski definition) is 1. The van der Waals surface area contributed by atoms with E-state index in [4.69, 9.17) is 28.9 Å². The van der Waals surface area contributed by atoms with Gasteiger partial charge >= 0.3 is 0 Å². The van der Waals surface area contributed by atoms with Gasteiger partial charge in [-0.3, -0.25) is 4.79 Å². The van der Waals surface area contributed by atoms with Gasteiger partial charge in [0.25, 0.3) is 0 Å². The van der Waals surface area contributed by atoms with Crippen molar-refractivity contribution in [3.05, 3.63) is 69.7 Å². The second-order valence-corrected chi connectivity index (χ2v) is 13.7. The van der Waals surface area contributed by atoms with Gasteiger partial charge in [0.2, 0.25) is 5.91 Å². The lowest BCUT2D eigenvalue weighted by atomic mass is 9.71. The summed E-state index contributed by atoms with van der Waals surface area (Å²) in [5.41, 5.74) is 7.52. The highest BCUT2D eigenvalue weighted by atomic mass is 35.5. The highest BCUT2D eigenvalue weighted by Gasteiger charge is 2.52. The Kier molecular flexibility index (Phi) is 8.63. The number of nitrogens with zero attached hydrogens (tertiary/aromatic N) is 1. The van der Waals surface area contributed by atoms with Crippen LogP contribution in [-0.4, -0.2) is 41.8 Å². The first-order valence-corrected chi connectivity index (χ1v) is 14.6. The molecule has 1 fully saturated rings. The van der Waals surface area contributed by atoms with Gasteiger partial charge in [0.15, 0.2) is 9.84 Å². The lowest BCUT2D eigenvalue weighted by molar-refractivity contribution is -0.149. The summed E-state index contributed by atoms with van der Waals surface area (Å²) in [4.78, 5) is 15.9.